The molecule has 0 unspecified atom stereocenters. The van der Waals surface area contributed by atoms with Crippen molar-refractivity contribution in [2.24, 2.45) is 0 Å². The minimum Gasteiger partial charge on any atom is -0.496 e. The smallest absolute Gasteiger partial charge is 0.337 e. The normalized spacial score (nSPS) is 11.1. The maximum absolute atomic E-state index is 12.5. The number of aromatic carboxylic acids is 1. The van der Waals surface area contributed by atoms with Gasteiger partial charge in [0, 0.05) is 17.3 Å². The molecule has 3 aromatic rings. The van der Waals surface area contributed by atoms with Gasteiger partial charge in [-0.15, -0.1) is 0 Å². The minimum absolute atomic E-state index is 0.0353. The SMILES string of the molecule is COc1ccccc1C=Cc1nc2ccc(C(=O)O)cn2c(=O)c1C. The number of rotatable bonds is 4. The second-order valence-electron chi connectivity index (χ2n) is 5.45. The van der Waals surface area contributed by atoms with Gasteiger partial charge in [-0.25, -0.2) is 9.78 Å². The number of carbonyl (C=O) groups is 1. The van der Waals surface area contributed by atoms with Gasteiger partial charge >= 0.3 is 5.97 Å². The number of ether oxygens (including phenoxy) is 1. The number of methoxy groups -OCH3 is 1. The summed E-state index contributed by atoms with van der Waals surface area (Å²) in [6.07, 6.45) is 4.86. The number of hydrogen-bond donors (Lipinski definition) is 1. The lowest BCUT2D eigenvalue weighted by Gasteiger charge is -2.07. The summed E-state index contributed by atoms with van der Waals surface area (Å²) in [6.45, 7) is 1.66. The van der Waals surface area contributed by atoms with Gasteiger partial charge in [-0.05, 0) is 37.3 Å². The third-order valence-corrected chi connectivity index (χ3v) is 3.89. The van der Waals surface area contributed by atoms with E-state index in [0.29, 0.717) is 16.9 Å². The Bertz CT molecular complexity index is 1050. The summed E-state index contributed by atoms with van der Waals surface area (Å²) in [5.74, 6) is -0.369. The zero-order valence-electron chi connectivity index (χ0n) is 13.8. The first kappa shape index (κ1) is 16.4. The quantitative estimate of drug-likeness (QED) is 0.792. The van der Waals surface area contributed by atoms with Gasteiger partial charge in [-0.3, -0.25) is 9.20 Å². The van der Waals surface area contributed by atoms with E-state index in [4.69, 9.17) is 9.84 Å². The van der Waals surface area contributed by atoms with Crippen molar-refractivity contribution in [2.45, 2.75) is 6.92 Å². The van der Waals surface area contributed by atoms with Crippen LogP contribution in [-0.4, -0.2) is 27.6 Å². The third-order valence-electron chi connectivity index (χ3n) is 3.89. The molecule has 0 amide bonds. The number of nitrogens with zero attached hydrogens (tertiary/aromatic N) is 2. The van der Waals surface area contributed by atoms with Crippen LogP contribution < -0.4 is 10.3 Å². The maximum atomic E-state index is 12.5. The number of benzene rings is 1. The summed E-state index contributed by atoms with van der Waals surface area (Å²) in [5.41, 5.74) is 1.96. The van der Waals surface area contributed by atoms with Crippen molar-refractivity contribution < 1.29 is 14.6 Å². The molecule has 1 N–H and O–H groups in total. The number of carboxylic acid groups (broad SMARTS) is 1. The summed E-state index contributed by atoms with van der Waals surface area (Å²) >= 11 is 0. The summed E-state index contributed by atoms with van der Waals surface area (Å²) in [6, 6.07) is 10.5. The number of hydrogen-bond acceptors (Lipinski definition) is 4. The molecule has 0 bridgehead atoms. The second-order valence-corrected chi connectivity index (χ2v) is 5.45. The molecule has 0 atom stereocenters. The molecule has 2 aromatic heterocycles. The van der Waals surface area contributed by atoms with E-state index in [1.165, 1.54) is 22.7 Å². The van der Waals surface area contributed by atoms with Crippen LogP contribution in [-0.2, 0) is 0 Å². The summed E-state index contributed by atoms with van der Waals surface area (Å²) in [4.78, 5) is 28.0. The van der Waals surface area contributed by atoms with Gasteiger partial charge in [0.1, 0.15) is 11.4 Å². The van der Waals surface area contributed by atoms with Crippen LogP contribution in [0.15, 0.2) is 47.4 Å². The van der Waals surface area contributed by atoms with Gasteiger partial charge in [0.2, 0.25) is 0 Å². The summed E-state index contributed by atoms with van der Waals surface area (Å²) in [7, 11) is 1.60. The van der Waals surface area contributed by atoms with Crippen LogP contribution in [0.25, 0.3) is 17.8 Å². The highest BCUT2D eigenvalue weighted by Crippen LogP contribution is 2.20. The van der Waals surface area contributed by atoms with Crippen LogP contribution in [0.2, 0.25) is 0 Å². The average molecular weight is 336 g/mol. The Labute approximate surface area is 143 Å². The van der Waals surface area contributed by atoms with Crippen molar-refractivity contribution in [3.8, 4) is 5.75 Å². The van der Waals surface area contributed by atoms with Crippen LogP contribution in [0.4, 0.5) is 0 Å². The largest absolute Gasteiger partial charge is 0.496 e. The van der Waals surface area contributed by atoms with E-state index < -0.39 is 5.97 Å². The number of pyridine rings is 1. The van der Waals surface area contributed by atoms with Crippen molar-refractivity contribution in [2.75, 3.05) is 7.11 Å². The molecule has 0 saturated carbocycles. The van der Waals surface area contributed by atoms with Crippen molar-refractivity contribution in [3.05, 3.63) is 75.3 Å². The molecule has 0 aliphatic heterocycles. The third kappa shape index (κ3) is 3.14. The van der Waals surface area contributed by atoms with E-state index in [2.05, 4.69) is 4.98 Å². The van der Waals surface area contributed by atoms with Crippen LogP contribution >= 0.6 is 0 Å². The molecule has 6 heteroatoms. The highest BCUT2D eigenvalue weighted by molar-refractivity contribution is 5.87. The van der Waals surface area contributed by atoms with E-state index in [-0.39, 0.29) is 11.1 Å². The van der Waals surface area contributed by atoms with Crippen LogP contribution in [0, 0.1) is 6.92 Å². The molecule has 0 radical (unpaired) electrons. The van der Waals surface area contributed by atoms with Crippen LogP contribution in [0.3, 0.4) is 0 Å². The molecule has 3 rings (SSSR count). The number of para-hydroxylation sites is 1. The van der Waals surface area contributed by atoms with Crippen molar-refractivity contribution in [1.29, 1.82) is 0 Å². The average Bonchev–Trinajstić information content (AvgIpc) is 2.63. The van der Waals surface area contributed by atoms with E-state index in [9.17, 15) is 9.59 Å². The van der Waals surface area contributed by atoms with E-state index in [1.807, 2.05) is 30.3 Å². The highest BCUT2D eigenvalue weighted by atomic mass is 16.5. The molecule has 0 fully saturated rings. The van der Waals surface area contributed by atoms with Gasteiger partial charge in [0.25, 0.3) is 5.56 Å². The van der Waals surface area contributed by atoms with Gasteiger partial charge < -0.3 is 9.84 Å². The van der Waals surface area contributed by atoms with Crippen molar-refractivity contribution in [1.82, 2.24) is 9.38 Å². The Kier molecular flexibility index (Phi) is 4.35. The van der Waals surface area contributed by atoms with Gasteiger partial charge in [-0.2, -0.15) is 0 Å². The summed E-state index contributed by atoms with van der Waals surface area (Å²) in [5, 5.41) is 9.06. The minimum atomic E-state index is -1.09. The molecule has 6 nitrogen and oxygen atoms in total. The van der Waals surface area contributed by atoms with Gasteiger partial charge in [0.15, 0.2) is 0 Å². The fourth-order valence-electron chi connectivity index (χ4n) is 2.51. The Morgan fingerprint density at radius 1 is 1.20 bits per heavy atom. The molecule has 25 heavy (non-hydrogen) atoms. The van der Waals surface area contributed by atoms with E-state index in [1.54, 1.807) is 20.1 Å². The zero-order valence-corrected chi connectivity index (χ0v) is 13.8. The molecular weight excluding hydrogens is 320 g/mol. The maximum Gasteiger partial charge on any atom is 0.337 e. The van der Waals surface area contributed by atoms with Crippen LogP contribution in [0.1, 0.15) is 27.2 Å². The Balaban J connectivity index is 2.10. The molecule has 0 aliphatic carbocycles. The number of fused-ring (bicyclic) bond motifs is 1. The Morgan fingerprint density at radius 2 is 1.96 bits per heavy atom. The number of aromatic nitrogens is 2. The fraction of sp³-hybridized carbons (Fsp3) is 0.105. The Morgan fingerprint density at radius 3 is 2.68 bits per heavy atom. The molecular formula is C19H16N2O4. The molecule has 0 saturated heterocycles. The van der Waals surface area contributed by atoms with Gasteiger partial charge in [-0.1, -0.05) is 18.2 Å². The standard InChI is InChI=1S/C19H16N2O4/c1-12-15(9-7-13-5-3-4-6-16(13)25-2)20-17-10-8-14(19(23)24)11-21(17)18(12)22/h3-11H,1-2H3,(H,23,24). The monoisotopic (exact) mass is 336 g/mol. The first-order valence-corrected chi connectivity index (χ1v) is 7.58. The molecule has 0 spiro atoms. The van der Waals surface area contributed by atoms with Crippen LogP contribution in [0.5, 0.6) is 5.75 Å². The predicted octanol–water partition coefficient (Wildman–Crippen LogP) is 2.88. The second kappa shape index (κ2) is 6.60. The fourth-order valence-corrected chi connectivity index (χ4v) is 2.51. The van der Waals surface area contributed by atoms with Crippen molar-refractivity contribution in [3.63, 3.8) is 0 Å². The highest BCUT2D eigenvalue weighted by Gasteiger charge is 2.10. The van der Waals surface area contributed by atoms with Crippen molar-refractivity contribution >= 4 is 23.8 Å². The first-order valence-electron chi connectivity index (χ1n) is 7.58. The molecule has 1 aromatic carbocycles. The molecule has 126 valence electrons. The lowest BCUT2D eigenvalue weighted by atomic mass is 10.1. The topological polar surface area (TPSA) is 80.9 Å². The Hall–Kier alpha value is -3.41. The first-order chi connectivity index (χ1) is 12.0. The zero-order chi connectivity index (χ0) is 18.0. The number of carboxylic acids is 1. The molecule has 0 aliphatic rings. The van der Waals surface area contributed by atoms with E-state index >= 15 is 0 Å². The van der Waals surface area contributed by atoms with Gasteiger partial charge in [0.05, 0.1) is 18.4 Å². The lowest BCUT2D eigenvalue weighted by Crippen LogP contribution is -2.20. The summed E-state index contributed by atoms with van der Waals surface area (Å²) < 4.78 is 6.55. The van der Waals surface area contributed by atoms with E-state index in [0.717, 1.165) is 11.3 Å². The molecule has 2 heterocycles. The lowest BCUT2D eigenvalue weighted by molar-refractivity contribution is 0.0696. The predicted molar refractivity (Wildman–Crippen MR) is 95.1 cm³/mol.